The zero-order valence-electron chi connectivity index (χ0n) is 13.9. The van der Waals surface area contributed by atoms with Crippen LogP contribution in [-0.2, 0) is 9.53 Å². The molecule has 8 heteroatoms. The number of hydrogen-bond donors (Lipinski definition) is 0. The highest BCUT2D eigenvalue weighted by atomic mass is 35.5. The minimum atomic E-state index is -1.37. The molecule has 2 atom stereocenters. The molecule has 144 valence electrons. The lowest BCUT2D eigenvalue weighted by Crippen LogP contribution is -2.56. The van der Waals surface area contributed by atoms with E-state index in [9.17, 15) is 4.79 Å². The number of Topliss-reactive ketones (excluding diaryl/α,β-unsaturated/α-hetero) is 1. The smallest absolute Gasteiger partial charge is 0.218 e. The van der Waals surface area contributed by atoms with E-state index in [0.29, 0.717) is 10.0 Å². The Bertz CT molecular complexity index is 1020. The Morgan fingerprint density at radius 3 is 1.93 bits per heavy atom. The summed E-state index contributed by atoms with van der Waals surface area (Å²) in [7, 11) is 0. The Morgan fingerprint density at radius 1 is 0.750 bits per heavy atom. The van der Waals surface area contributed by atoms with Crippen molar-refractivity contribution in [2.24, 2.45) is 0 Å². The van der Waals surface area contributed by atoms with E-state index in [1.165, 1.54) is 0 Å². The maximum absolute atomic E-state index is 12.2. The average Bonchev–Trinajstić information content (AvgIpc) is 2.68. The molecule has 0 N–H and O–H groups in total. The lowest BCUT2D eigenvalue weighted by atomic mass is 9.68. The Morgan fingerprint density at radius 2 is 1.36 bits per heavy atom. The maximum Gasteiger partial charge on any atom is 0.218 e. The van der Waals surface area contributed by atoms with E-state index >= 15 is 0 Å². The normalized spacial score (nSPS) is 24.0. The maximum atomic E-state index is 12.2. The largest absolute Gasteiger partial charge is 0.354 e. The van der Waals surface area contributed by atoms with Gasteiger partial charge in [-0.2, -0.15) is 0 Å². The molecule has 0 unspecified atom stereocenters. The van der Waals surface area contributed by atoms with Crippen molar-refractivity contribution in [2.75, 3.05) is 0 Å². The number of halogens is 6. The van der Waals surface area contributed by atoms with Crippen molar-refractivity contribution in [1.82, 2.24) is 0 Å². The summed E-state index contributed by atoms with van der Waals surface area (Å²) in [4.78, 5) is 12.2. The minimum absolute atomic E-state index is 0.00294. The first-order chi connectivity index (χ1) is 13.3. The summed E-state index contributed by atoms with van der Waals surface area (Å²) in [6.07, 6.45) is -0.414. The van der Waals surface area contributed by atoms with Crippen LogP contribution in [0.4, 0.5) is 0 Å². The SMILES string of the molecule is O=C1C(Cl)=C(Cl)C2(O[C@@H](c3ccccc3)[C@@H]2c2ccc(Cl)c(Cl)c2)C(Cl)=C1Cl. The third-order valence-corrected chi connectivity index (χ3v) is 7.51. The number of allylic oxidation sites excluding steroid dienone is 2. The second-order valence-electron chi connectivity index (χ2n) is 6.42. The monoisotopic (exact) mass is 492 g/mol. The van der Waals surface area contributed by atoms with Gasteiger partial charge in [-0.05, 0) is 23.3 Å². The van der Waals surface area contributed by atoms with Gasteiger partial charge in [0.2, 0.25) is 5.78 Å². The molecule has 0 saturated carbocycles. The first kappa shape index (κ1) is 20.6. The van der Waals surface area contributed by atoms with E-state index in [4.69, 9.17) is 74.3 Å². The second kappa shape index (κ2) is 7.52. The highest BCUT2D eigenvalue weighted by Crippen LogP contribution is 2.65. The van der Waals surface area contributed by atoms with Crippen LogP contribution < -0.4 is 0 Å². The molecule has 1 spiro atoms. The van der Waals surface area contributed by atoms with Crippen molar-refractivity contribution in [3.05, 3.63) is 89.8 Å². The second-order valence-corrected chi connectivity index (χ2v) is 8.75. The zero-order chi connectivity index (χ0) is 20.2. The lowest BCUT2D eigenvalue weighted by Gasteiger charge is -2.56. The summed E-state index contributed by atoms with van der Waals surface area (Å²) in [6, 6.07) is 14.8. The molecule has 1 aliphatic carbocycles. The summed E-state index contributed by atoms with van der Waals surface area (Å²) in [6.45, 7) is 0. The molecule has 0 amide bonds. The van der Waals surface area contributed by atoms with Crippen molar-refractivity contribution in [3.63, 3.8) is 0 Å². The third kappa shape index (κ3) is 2.94. The molecule has 0 radical (unpaired) electrons. The van der Waals surface area contributed by atoms with Gasteiger partial charge in [0.1, 0.15) is 10.1 Å². The van der Waals surface area contributed by atoms with Gasteiger partial charge in [-0.1, -0.05) is 106 Å². The standard InChI is InChI=1S/C20H10Cl6O2/c21-11-7-6-10(8-12(11)22)13-17(9-4-2-1-3-5-9)28-20(13)18(25)14(23)16(27)15(24)19(20)26/h1-8,13,17H/t13-,17-/m0/s1. The van der Waals surface area contributed by atoms with Crippen LogP contribution >= 0.6 is 69.6 Å². The summed E-state index contributed by atoms with van der Waals surface area (Å²) >= 11 is 37.7. The van der Waals surface area contributed by atoms with Gasteiger partial charge >= 0.3 is 0 Å². The number of hydrogen-bond acceptors (Lipinski definition) is 2. The zero-order valence-corrected chi connectivity index (χ0v) is 18.4. The van der Waals surface area contributed by atoms with E-state index in [1.54, 1.807) is 12.1 Å². The molecule has 2 aliphatic rings. The van der Waals surface area contributed by atoms with E-state index in [-0.39, 0.29) is 20.1 Å². The topological polar surface area (TPSA) is 26.3 Å². The van der Waals surface area contributed by atoms with Gasteiger partial charge in [0.05, 0.1) is 32.1 Å². The Labute approximate surface area is 191 Å². The molecule has 1 fully saturated rings. The quantitative estimate of drug-likeness (QED) is 0.431. The molecule has 28 heavy (non-hydrogen) atoms. The Balaban J connectivity index is 1.93. The van der Waals surface area contributed by atoms with E-state index < -0.39 is 23.4 Å². The summed E-state index contributed by atoms with van der Waals surface area (Å²) in [5.41, 5.74) is 0.305. The van der Waals surface area contributed by atoms with Gasteiger partial charge < -0.3 is 4.74 Å². The molecule has 2 aromatic carbocycles. The fraction of sp³-hybridized carbons (Fsp3) is 0.150. The van der Waals surface area contributed by atoms with E-state index in [0.717, 1.165) is 11.1 Å². The predicted octanol–water partition coefficient (Wildman–Crippen LogP) is 7.55. The van der Waals surface area contributed by atoms with Crippen LogP contribution in [0.25, 0.3) is 0 Å². The number of carbonyl (C=O) groups is 1. The van der Waals surface area contributed by atoms with Crippen molar-refractivity contribution in [2.45, 2.75) is 17.6 Å². The molecule has 1 aliphatic heterocycles. The molecular formula is C20H10Cl6O2. The predicted molar refractivity (Wildman–Crippen MR) is 115 cm³/mol. The van der Waals surface area contributed by atoms with Gasteiger partial charge in [0.25, 0.3) is 0 Å². The lowest BCUT2D eigenvalue weighted by molar-refractivity contribution is -0.183. The number of carbonyl (C=O) groups excluding carboxylic acids is 1. The molecule has 0 aromatic heterocycles. The van der Waals surface area contributed by atoms with Crippen molar-refractivity contribution in [1.29, 1.82) is 0 Å². The van der Waals surface area contributed by atoms with Gasteiger partial charge in [-0.25, -0.2) is 0 Å². The molecule has 1 heterocycles. The minimum Gasteiger partial charge on any atom is -0.354 e. The number of ketones is 1. The van der Waals surface area contributed by atoms with Gasteiger partial charge in [0.15, 0.2) is 5.60 Å². The third-order valence-electron chi connectivity index (χ3n) is 4.92. The van der Waals surface area contributed by atoms with Gasteiger partial charge in [-0.3, -0.25) is 4.79 Å². The Hall–Kier alpha value is -0.710. The van der Waals surface area contributed by atoms with Crippen molar-refractivity contribution < 1.29 is 9.53 Å². The molecule has 2 nitrogen and oxygen atoms in total. The summed E-state index contributed by atoms with van der Waals surface area (Å²) in [5, 5.41) is 0.348. The van der Waals surface area contributed by atoms with Crippen LogP contribution in [0.5, 0.6) is 0 Å². The van der Waals surface area contributed by atoms with Gasteiger partial charge in [-0.15, -0.1) is 0 Å². The van der Waals surface area contributed by atoms with Crippen LogP contribution in [0.15, 0.2) is 68.7 Å². The summed E-state index contributed by atoms with van der Waals surface area (Å²) in [5.74, 6) is -1.07. The van der Waals surface area contributed by atoms with E-state index in [2.05, 4.69) is 0 Å². The Kier molecular flexibility index (Phi) is 5.52. The fourth-order valence-corrected chi connectivity index (χ4v) is 5.15. The fourth-order valence-electron chi connectivity index (χ4n) is 3.60. The first-order valence-electron chi connectivity index (χ1n) is 8.13. The van der Waals surface area contributed by atoms with Crippen LogP contribution in [-0.4, -0.2) is 11.4 Å². The molecule has 2 aromatic rings. The number of ether oxygens (including phenoxy) is 1. The summed E-state index contributed by atoms with van der Waals surface area (Å²) < 4.78 is 6.23. The van der Waals surface area contributed by atoms with Crippen LogP contribution in [0.2, 0.25) is 10.0 Å². The van der Waals surface area contributed by atoms with Crippen LogP contribution in [0.3, 0.4) is 0 Å². The van der Waals surface area contributed by atoms with Crippen molar-refractivity contribution >= 4 is 75.4 Å². The van der Waals surface area contributed by atoms with Crippen molar-refractivity contribution in [3.8, 4) is 0 Å². The number of rotatable bonds is 2. The van der Waals surface area contributed by atoms with Crippen LogP contribution in [0.1, 0.15) is 23.1 Å². The molecule has 0 bridgehead atoms. The van der Waals surface area contributed by atoms with Gasteiger partial charge in [0, 0.05) is 0 Å². The first-order valence-corrected chi connectivity index (χ1v) is 10.4. The molecule has 4 rings (SSSR count). The van der Waals surface area contributed by atoms with E-state index in [1.807, 2.05) is 36.4 Å². The molecular weight excluding hydrogens is 485 g/mol. The highest BCUT2D eigenvalue weighted by molar-refractivity contribution is 6.61. The average molecular weight is 495 g/mol. The number of benzene rings is 2. The van der Waals surface area contributed by atoms with Crippen LogP contribution in [0, 0.1) is 0 Å². The molecule has 1 saturated heterocycles. The highest BCUT2D eigenvalue weighted by Gasteiger charge is 2.64.